The maximum absolute atomic E-state index is 10.5. The molecule has 1 aromatic carbocycles. The molecule has 0 unspecified atom stereocenters. The van der Waals surface area contributed by atoms with Crippen molar-refractivity contribution < 1.29 is 42.1 Å². The molecule has 0 bridgehead atoms. The Morgan fingerprint density at radius 1 is 0.704 bits per heavy atom. The van der Waals surface area contributed by atoms with E-state index < -0.39 is 10.1 Å². The Hall–Kier alpha value is -1.11. The first-order valence-corrected chi connectivity index (χ1v) is 9.92. The van der Waals surface area contributed by atoms with Crippen LogP contribution in [0.25, 0.3) is 0 Å². The van der Waals surface area contributed by atoms with Crippen molar-refractivity contribution in [3.05, 3.63) is 29.8 Å². The van der Waals surface area contributed by atoms with Crippen LogP contribution in [0.1, 0.15) is 5.56 Å². The highest BCUT2D eigenvalue weighted by Gasteiger charge is 2.06. The van der Waals surface area contributed by atoms with Gasteiger partial charge in [-0.05, 0) is 19.1 Å². The number of aryl methyl sites for hydroxylation is 1. The molecule has 0 aliphatic rings. The molecule has 0 spiro atoms. The van der Waals surface area contributed by atoms with Gasteiger partial charge < -0.3 is 29.2 Å². The van der Waals surface area contributed by atoms with Gasteiger partial charge in [0.1, 0.15) is 0 Å². The molecule has 0 fully saturated rings. The quantitative estimate of drug-likeness (QED) is 0.292. The molecule has 0 aliphatic heterocycles. The predicted molar refractivity (Wildman–Crippen MR) is 98.4 cm³/mol. The number of rotatable bonds is 14. The van der Waals surface area contributed by atoms with E-state index in [9.17, 15) is 8.42 Å². The van der Waals surface area contributed by atoms with E-state index in [1.165, 1.54) is 12.1 Å². The largest absolute Gasteiger partial charge is 0.394 e. The number of benzene rings is 1. The van der Waals surface area contributed by atoms with Gasteiger partial charge in [-0.3, -0.25) is 4.55 Å². The van der Waals surface area contributed by atoms with Gasteiger partial charge in [0.2, 0.25) is 0 Å². The number of aliphatic hydroxyl groups is 2. The molecular formula is C17H30O9S. The Bertz CT molecular complexity index is 532. The van der Waals surface area contributed by atoms with Gasteiger partial charge in [-0.2, -0.15) is 8.42 Å². The van der Waals surface area contributed by atoms with Gasteiger partial charge >= 0.3 is 0 Å². The molecule has 10 heteroatoms. The van der Waals surface area contributed by atoms with Crippen molar-refractivity contribution in [3.8, 4) is 0 Å². The molecule has 0 saturated heterocycles. The molecular weight excluding hydrogens is 380 g/mol. The average molecular weight is 410 g/mol. The van der Waals surface area contributed by atoms with E-state index in [1.807, 2.05) is 6.92 Å². The first-order chi connectivity index (χ1) is 12.9. The fourth-order valence-corrected chi connectivity index (χ4v) is 2.08. The zero-order valence-electron chi connectivity index (χ0n) is 15.6. The zero-order chi connectivity index (χ0) is 20.4. The second-order valence-corrected chi connectivity index (χ2v) is 6.61. The Morgan fingerprint density at radius 3 is 1.33 bits per heavy atom. The van der Waals surface area contributed by atoms with E-state index in [1.54, 1.807) is 12.1 Å². The summed E-state index contributed by atoms with van der Waals surface area (Å²) in [5.74, 6) is 0. The first kappa shape index (κ1) is 25.9. The van der Waals surface area contributed by atoms with Crippen LogP contribution in [0.2, 0.25) is 0 Å². The van der Waals surface area contributed by atoms with Crippen LogP contribution in [-0.4, -0.2) is 89.3 Å². The lowest BCUT2D eigenvalue weighted by Crippen LogP contribution is -2.13. The molecule has 1 rings (SSSR count). The number of ether oxygens (including phenoxy) is 4. The van der Waals surface area contributed by atoms with Crippen LogP contribution < -0.4 is 0 Å². The SMILES string of the molecule is Cc1ccc(S(=O)(=O)O)cc1.OCCOCCOCCOCCOCCO. The van der Waals surface area contributed by atoms with E-state index in [2.05, 4.69) is 0 Å². The van der Waals surface area contributed by atoms with Crippen molar-refractivity contribution in [2.45, 2.75) is 11.8 Å². The molecule has 1 aromatic rings. The summed E-state index contributed by atoms with van der Waals surface area (Å²) in [5, 5.41) is 16.8. The van der Waals surface area contributed by atoms with Crippen LogP contribution in [0.5, 0.6) is 0 Å². The minimum absolute atomic E-state index is 0.0386. The second kappa shape index (κ2) is 17.0. The van der Waals surface area contributed by atoms with Gasteiger partial charge in [0.15, 0.2) is 0 Å². The molecule has 27 heavy (non-hydrogen) atoms. The Balaban J connectivity index is 0.000000533. The summed E-state index contributed by atoms with van der Waals surface area (Å²) >= 11 is 0. The zero-order valence-corrected chi connectivity index (χ0v) is 16.4. The van der Waals surface area contributed by atoms with Crippen LogP contribution in [0.15, 0.2) is 29.2 Å². The minimum Gasteiger partial charge on any atom is -0.394 e. The molecule has 0 aromatic heterocycles. The Kier molecular flexibility index (Phi) is 16.3. The van der Waals surface area contributed by atoms with Crippen LogP contribution in [-0.2, 0) is 29.1 Å². The van der Waals surface area contributed by atoms with Crippen molar-refractivity contribution in [3.63, 3.8) is 0 Å². The van der Waals surface area contributed by atoms with E-state index in [0.29, 0.717) is 52.9 Å². The molecule has 0 atom stereocenters. The molecule has 0 saturated carbocycles. The van der Waals surface area contributed by atoms with Gasteiger partial charge in [-0.15, -0.1) is 0 Å². The summed E-state index contributed by atoms with van der Waals surface area (Å²) < 4.78 is 49.9. The molecule has 9 nitrogen and oxygen atoms in total. The van der Waals surface area contributed by atoms with Gasteiger partial charge in [-0.1, -0.05) is 17.7 Å². The van der Waals surface area contributed by atoms with Crippen molar-refractivity contribution in [1.29, 1.82) is 0 Å². The lowest BCUT2D eigenvalue weighted by Gasteiger charge is -2.06. The van der Waals surface area contributed by atoms with Crippen molar-refractivity contribution in [2.24, 2.45) is 0 Å². The summed E-state index contributed by atoms with van der Waals surface area (Å²) in [6.45, 7) is 5.63. The summed E-state index contributed by atoms with van der Waals surface area (Å²) in [6, 6.07) is 5.99. The van der Waals surface area contributed by atoms with Gasteiger partial charge in [0.25, 0.3) is 10.1 Å². The molecule has 0 amide bonds. The number of hydrogen-bond acceptors (Lipinski definition) is 8. The van der Waals surface area contributed by atoms with Crippen LogP contribution in [0, 0.1) is 6.92 Å². The maximum atomic E-state index is 10.5. The highest BCUT2D eigenvalue weighted by molar-refractivity contribution is 7.85. The molecule has 158 valence electrons. The molecule has 0 heterocycles. The maximum Gasteiger partial charge on any atom is 0.294 e. The van der Waals surface area contributed by atoms with Crippen molar-refractivity contribution in [2.75, 3.05) is 66.1 Å². The highest BCUT2D eigenvalue weighted by atomic mass is 32.2. The Morgan fingerprint density at radius 2 is 1.04 bits per heavy atom. The standard InChI is InChI=1S/C10H22O6.C7H8O3S/c11-1-3-13-5-7-15-9-10-16-8-6-14-4-2-12;1-6-2-4-7(5-3-6)11(8,9)10/h11-12H,1-10H2;2-5H,1H3,(H,8,9,10). The number of hydrogen-bond donors (Lipinski definition) is 3. The molecule has 3 N–H and O–H groups in total. The van der Waals surface area contributed by atoms with Crippen molar-refractivity contribution in [1.82, 2.24) is 0 Å². The van der Waals surface area contributed by atoms with E-state index >= 15 is 0 Å². The normalized spacial score (nSPS) is 11.1. The molecule has 0 radical (unpaired) electrons. The van der Waals surface area contributed by atoms with Crippen LogP contribution in [0.3, 0.4) is 0 Å². The fraction of sp³-hybridized carbons (Fsp3) is 0.647. The second-order valence-electron chi connectivity index (χ2n) is 5.18. The summed E-state index contributed by atoms with van der Waals surface area (Å²) in [7, 11) is -4.02. The monoisotopic (exact) mass is 410 g/mol. The van der Waals surface area contributed by atoms with Gasteiger partial charge in [-0.25, -0.2) is 0 Å². The van der Waals surface area contributed by atoms with Gasteiger partial charge in [0.05, 0.1) is 71.0 Å². The van der Waals surface area contributed by atoms with E-state index in [0.717, 1.165) is 5.56 Å². The third-order valence-electron chi connectivity index (χ3n) is 2.91. The van der Waals surface area contributed by atoms with Gasteiger partial charge in [0, 0.05) is 0 Å². The topological polar surface area (TPSA) is 132 Å². The smallest absolute Gasteiger partial charge is 0.294 e. The average Bonchev–Trinajstić information content (AvgIpc) is 2.63. The summed E-state index contributed by atoms with van der Waals surface area (Å²) in [4.78, 5) is -0.0666. The summed E-state index contributed by atoms with van der Waals surface area (Å²) in [5.41, 5.74) is 0.956. The third kappa shape index (κ3) is 16.8. The fourth-order valence-electron chi connectivity index (χ4n) is 1.60. The lowest BCUT2D eigenvalue weighted by molar-refractivity contribution is -0.00856. The highest BCUT2D eigenvalue weighted by Crippen LogP contribution is 2.08. The minimum atomic E-state index is -4.02. The third-order valence-corrected chi connectivity index (χ3v) is 3.77. The van der Waals surface area contributed by atoms with Crippen LogP contribution >= 0.6 is 0 Å². The predicted octanol–water partition coefficient (Wildman–Crippen LogP) is 0.279. The summed E-state index contributed by atoms with van der Waals surface area (Å²) in [6.07, 6.45) is 0. The first-order valence-electron chi connectivity index (χ1n) is 8.48. The number of aliphatic hydroxyl groups excluding tert-OH is 2. The van der Waals surface area contributed by atoms with E-state index in [4.69, 9.17) is 33.7 Å². The van der Waals surface area contributed by atoms with Crippen LogP contribution in [0.4, 0.5) is 0 Å². The molecule has 0 aliphatic carbocycles. The lowest BCUT2D eigenvalue weighted by atomic mass is 10.2. The van der Waals surface area contributed by atoms with Crippen molar-refractivity contribution >= 4 is 10.1 Å². The van der Waals surface area contributed by atoms with E-state index in [-0.39, 0.29) is 18.1 Å². The Labute approximate surface area is 160 Å².